The fourth-order valence-electron chi connectivity index (χ4n) is 2.43. The van der Waals surface area contributed by atoms with Gasteiger partial charge in [-0.2, -0.15) is 0 Å². The van der Waals surface area contributed by atoms with Crippen molar-refractivity contribution in [2.24, 2.45) is 5.16 Å². The zero-order valence-electron chi connectivity index (χ0n) is 12.3. The van der Waals surface area contributed by atoms with Gasteiger partial charge in [0.25, 0.3) is 0 Å². The molecule has 1 aromatic carbocycles. The van der Waals surface area contributed by atoms with Gasteiger partial charge in [0.1, 0.15) is 0 Å². The summed E-state index contributed by atoms with van der Waals surface area (Å²) in [4.78, 5) is 12.0. The molecule has 0 spiro atoms. The molecule has 1 amide bonds. The van der Waals surface area contributed by atoms with E-state index in [2.05, 4.69) is 10.5 Å². The molecule has 0 aliphatic carbocycles. The highest BCUT2D eigenvalue weighted by Gasteiger charge is 2.15. The van der Waals surface area contributed by atoms with Gasteiger partial charge in [0.15, 0.2) is 0 Å². The van der Waals surface area contributed by atoms with E-state index in [1.807, 2.05) is 18.2 Å². The number of nitrogens with zero attached hydrogens (tertiary/aromatic N) is 1. The smallest absolute Gasteiger partial charge is 0.224 e. The topological polar surface area (TPSA) is 70.9 Å². The molecule has 5 nitrogen and oxygen atoms in total. The molecule has 0 aromatic heterocycles. The zero-order chi connectivity index (χ0) is 15.1. The van der Waals surface area contributed by atoms with E-state index >= 15 is 0 Å². The van der Waals surface area contributed by atoms with Crippen LogP contribution in [-0.4, -0.2) is 29.5 Å². The average molecular weight is 290 g/mol. The third-order valence-electron chi connectivity index (χ3n) is 3.68. The fourth-order valence-corrected chi connectivity index (χ4v) is 2.43. The van der Waals surface area contributed by atoms with E-state index in [9.17, 15) is 4.79 Å². The van der Waals surface area contributed by atoms with Crippen LogP contribution < -0.4 is 5.32 Å². The lowest BCUT2D eigenvalue weighted by molar-refractivity contribution is -0.117. The third-order valence-corrected chi connectivity index (χ3v) is 3.68. The Morgan fingerprint density at radius 1 is 1.48 bits per heavy atom. The normalized spacial score (nSPS) is 19.3. The molecule has 1 aromatic rings. The molecule has 1 heterocycles. The van der Waals surface area contributed by atoms with Crippen molar-refractivity contribution in [2.45, 2.75) is 45.1 Å². The van der Waals surface area contributed by atoms with Crippen molar-refractivity contribution in [1.82, 2.24) is 0 Å². The van der Waals surface area contributed by atoms with Crippen molar-refractivity contribution in [3.05, 3.63) is 29.8 Å². The second-order valence-corrected chi connectivity index (χ2v) is 5.34. The molecule has 114 valence electrons. The van der Waals surface area contributed by atoms with Crippen molar-refractivity contribution < 1.29 is 14.7 Å². The number of oxime groups is 1. The molecule has 0 bridgehead atoms. The van der Waals surface area contributed by atoms with Crippen LogP contribution in [0.25, 0.3) is 0 Å². The van der Waals surface area contributed by atoms with Crippen LogP contribution in [0.4, 0.5) is 5.69 Å². The number of hydrogen-bond donors (Lipinski definition) is 2. The zero-order valence-corrected chi connectivity index (χ0v) is 12.3. The van der Waals surface area contributed by atoms with Crippen LogP contribution in [0.2, 0.25) is 0 Å². The summed E-state index contributed by atoms with van der Waals surface area (Å²) in [6.45, 7) is 2.52. The van der Waals surface area contributed by atoms with E-state index in [4.69, 9.17) is 9.94 Å². The standard InChI is InChI=1S/C16H22N2O3/c1-12(18-20)13-5-4-6-14(11-13)17-16(19)9-8-15-7-2-3-10-21-15/h4-6,11,15,20H,2-3,7-10H2,1H3,(H,17,19). The predicted octanol–water partition coefficient (Wildman–Crippen LogP) is 3.17. The highest BCUT2D eigenvalue weighted by Crippen LogP contribution is 2.18. The number of ether oxygens (including phenoxy) is 1. The maximum Gasteiger partial charge on any atom is 0.224 e. The van der Waals surface area contributed by atoms with Crippen LogP contribution in [0.5, 0.6) is 0 Å². The van der Waals surface area contributed by atoms with Crippen molar-refractivity contribution in [3.8, 4) is 0 Å². The molecule has 21 heavy (non-hydrogen) atoms. The Bertz CT molecular complexity index is 508. The van der Waals surface area contributed by atoms with Gasteiger partial charge in [0, 0.05) is 24.3 Å². The lowest BCUT2D eigenvalue weighted by atomic mass is 10.0. The summed E-state index contributed by atoms with van der Waals surface area (Å²) in [6.07, 6.45) is 4.81. The van der Waals surface area contributed by atoms with Crippen LogP contribution in [0.3, 0.4) is 0 Å². The molecule has 1 atom stereocenters. The summed E-state index contributed by atoms with van der Waals surface area (Å²) in [6, 6.07) is 7.28. The number of rotatable bonds is 5. The Kier molecular flexibility index (Phi) is 5.75. The van der Waals surface area contributed by atoms with Crippen LogP contribution in [0.1, 0.15) is 44.6 Å². The van der Waals surface area contributed by atoms with Crippen LogP contribution in [0.15, 0.2) is 29.4 Å². The molecule has 1 fully saturated rings. The van der Waals surface area contributed by atoms with Crippen LogP contribution in [0, 0.1) is 0 Å². The first kappa shape index (κ1) is 15.5. The third kappa shape index (κ3) is 4.86. The van der Waals surface area contributed by atoms with Gasteiger partial charge in [-0.15, -0.1) is 0 Å². The Morgan fingerprint density at radius 2 is 2.33 bits per heavy atom. The van der Waals surface area contributed by atoms with E-state index in [-0.39, 0.29) is 12.0 Å². The summed E-state index contributed by atoms with van der Waals surface area (Å²) in [5, 5.41) is 14.8. The summed E-state index contributed by atoms with van der Waals surface area (Å²) in [5.74, 6) is -0.0140. The molecule has 2 rings (SSSR count). The van der Waals surface area contributed by atoms with Gasteiger partial charge in [-0.1, -0.05) is 17.3 Å². The van der Waals surface area contributed by atoms with Crippen molar-refractivity contribution >= 4 is 17.3 Å². The Hall–Kier alpha value is -1.88. The van der Waals surface area contributed by atoms with E-state index in [1.165, 1.54) is 6.42 Å². The van der Waals surface area contributed by atoms with Crippen molar-refractivity contribution in [3.63, 3.8) is 0 Å². The van der Waals surface area contributed by atoms with Crippen LogP contribution in [-0.2, 0) is 9.53 Å². The Balaban J connectivity index is 1.84. The van der Waals surface area contributed by atoms with Crippen LogP contribution >= 0.6 is 0 Å². The molecular weight excluding hydrogens is 268 g/mol. The van der Waals surface area contributed by atoms with Gasteiger partial charge in [0.05, 0.1) is 11.8 Å². The van der Waals surface area contributed by atoms with Crippen molar-refractivity contribution in [2.75, 3.05) is 11.9 Å². The minimum absolute atomic E-state index is 0.0140. The molecule has 1 aliphatic heterocycles. The minimum atomic E-state index is -0.0140. The lowest BCUT2D eigenvalue weighted by Gasteiger charge is -2.22. The maximum absolute atomic E-state index is 12.0. The molecule has 0 radical (unpaired) electrons. The number of carbonyl (C=O) groups excluding carboxylic acids is 1. The first-order valence-corrected chi connectivity index (χ1v) is 7.39. The fraction of sp³-hybridized carbons (Fsp3) is 0.500. The van der Waals surface area contributed by atoms with Crippen molar-refractivity contribution in [1.29, 1.82) is 0 Å². The second kappa shape index (κ2) is 7.78. The van der Waals surface area contributed by atoms with Gasteiger partial charge in [0.2, 0.25) is 5.91 Å². The number of anilines is 1. The SMILES string of the molecule is CC(=NO)c1cccc(NC(=O)CCC2CCCCO2)c1. The van der Waals surface area contributed by atoms with E-state index in [0.29, 0.717) is 17.8 Å². The summed E-state index contributed by atoms with van der Waals surface area (Å²) < 4.78 is 5.62. The predicted molar refractivity (Wildman–Crippen MR) is 81.9 cm³/mol. The molecule has 1 unspecified atom stereocenters. The van der Waals surface area contributed by atoms with E-state index in [0.717, 1.165) is 31.4 Å². The molecular formula is C16H22N2O3. The number of nitrogens with one attached hydrogen (secondary N) is 1. The molecule has 1 saturated heterocycles. The highest BCUT2D eigenvalue weighted by atomic mass is 16.5. The maximum atomic E-state index is 12.0. The molecule has 1 aliphatic rings. The number of carbonyl (C=O) groups is 1. The number of amides is 1. The van der Waals surface area contributed by atoms with Gasteiger partial charge in [-0.3, -0.25) is 4.79 Å². The first-order valence-electron chi connectivity index (χ1n) is 7.39. The molecule has 0 saturated carbocycles. The average Bonchev–Trinajstić information content (AvgIpc) is 2.53. The quantitative estimate of drug-likeness (QED) is 0.497. The Labute approximate surface area is 125 Å². The summed E-state index contributed by atoms with van der Waals surface area (Å²) in [7, 11) is 0. The summed E-state index contributed by atoms with van der Waals surface area (Å²) in [5.41, 5.74) is 2.01. The highest BCUT2D eigenvalue weighted by molar-refractivity contribution is 6.00. The van der Waals surface area contributed by atoms with Gasteiger partial charge in [-0.05, 0) is 44.7 Å². The largest absolute Gasteiger partial charge is 0.411 e. The van der Waals surface area contributed by atoms with Gasteiger partial charge < -0.3 is 15.3 Å². The summed E-state index contributed by atoms with van der Waals surface area (Å²) >= 11 is 0. The van der Waals surface area contributed by atoms with Gasteiger partial charge in [-0.25, -0.2) is 0 Å². The Morgan fingerprint density at radius 3 is 3.05 bits per heavy atom. The first-order chi connectivity index (χ1) is 10.2. The molecule has 2 N–H and O–H groups in total. The molecule has 5 heteroatoms. The lowest BCUT2D eigenvalue weighted by Crippen LogP contribution is -2.21. The van der Waals surface area contributed by atoms with Gasteiger partial charge >= 0.3 is 0 Å². The second-order valence-electron chi connectivity index (χ2n) is 5.34. The minimum Gasteiger partial charge on any atom is -0.411 e. The number of benzene rings is 1. The van der Waals surface area contributed by atoms with E-state index in [1.54, 1.807) is 13.0 Å². The monoisotopic (exact) mass is 290 g/mol. The van der Waals surface area contributed by atoms with E-state index < -0.39 is 0 Å². The number of hydrogen-bond acceptors (Lipinski definition) is 4.